The minimum Gasteiger partial charge on any atom is -0.355 e. The van der Waals surface area contributed by atoms with E-state index < -0.39 is 0 Å². The van der Waals surface area contributed by atoms with Gasteiger partial charge in [0.05, 0.1) is 0 Å². The Kier molecular flexibility index (Phi) is 5.48. The second kappa shape index (κ2) is 7.77. The van der Waals surface area contributed by atoms with Crippen molar-refractivity contribution in [3.05, 3.63) is 35.2 Å². The van der Waals surface area contributed by atoms with E-state index in [1.807, 2.05) is 12.1 Å². The standard InChI is InChI=1S/C17H21ClN4O2/c1-11-10-13(6-8-19-11)17(23)20-9-7-15-21-16(22-24-15)12-2-4-14(18)5-3-12/h2-5,11,13,19H,6-10H2,1H3,(H,20,23)/t11-,13-/m0/s1. The van der Waals surface area contributed by atoms with Crippen molar-refractivity contribution >= 4 is 17.5 Å². The fraction of sp³-hybridized carbons (Fsp3) is 0.471. The van der Waals surface area contributed by atoms with Gasteiger partial charge < -0.3 is 15.2 Å². The molecule has 2 aromatic rings. The summed E-state index contributed by atoms with van der Waals surface area (Å²) in [6.45, 7) is 3.50. The summed E-state index contributed by atoms with van der Waals surface area (Å²) in [6.07, 6.45) is 2.29. The van der Waals surface area contributed by atoms with Crippen LogP contribution in [-0.4, -0.2) is 35.2 Å². The lowest BCUT2D eigenvalue weighted by atomic mass is 9.92. The Hall–Kier alpha value is -1.92. The fourth-order valence-corrected chi connectivity index (χ4v) is 3.01. The number of benzene rings is 1. The number of nitrogens with zero attached hydrogens (tertiary/aromatic N) is 2. The Morgan fingerprint density at radius 3 is 2.96 bits per heavy atom. The SMILES string of the molecule is C[C@H]1C[C@@H](C(=O)NCCc2nc(-c3ccc(Cl)cc3)no2)CCN1. The maximum atomic E-state index is 12.2. The summed E-state index contributed by atoms with van der Waals surface area (Å²) in [6, 6.07) is 7.65. The maximum absolute atomic E-state index is 12.2. The summed E-state index contributed by atoms with van der Waals surface area (Å²) >= 11 is 5.87. The summed E-state index contributed by atoms with van der Waals surface area (Å²) < 4.78 is 5.24. The average Bonchev–Trinajstić information content (AvgIpc) is 3.04. The number of nitrogens with one attached hydrogen (secondary N) is 2. The summed E-state index contributed by atoms with van der Waals surface area (Å²) in [5, 5.41) is 10.9. The van der Waals surface area contributed by atoms with Gasteiger partial charge in [-0.25, -0.2) is 0 Å². The smallest absolute Gasteiger partial charge is 0.228 e. The number of piperidine rings is 1. The molecule has 0 saturated carbocycles. The van der Waals surface area contributed by atoms with E-state index in [0.717, 1.165) is 24.9 Å². The van der Waals surface area contributed by atoms with Crippen LogP contribution in [0.15, 0.2) is 28.8 Å². The zero-order valence-corrected chi connectivity index (χ0v) is 14.3. The third kappa shape index (κ3) is 4.33. The third-order valence-electron chi connectivity index (χ3n) is 4.20. The largest absolute Gasteiger partial charge is 0.355 e. The highest BCUT2D eigenvalue weighted by Gasteiger charge is 2.24. The number of aromatic nitrogens is 2. The van der Waals surface area contributed by atoms with Crippen molar-refractivity contribution < 1.29 is 9.32 Å². The summed E-state index contributed by atoms with van der Waals surface area (Å²) in [5.74, 6) is 1.24. The van der Waals surface area contributed by atoms with Crippen LogP contribution in [0.1, 0.15) is 25.7 Å². The minimum atomic E-state index is 0.0913. The van der Waals surface area contributed by atoms with Crippen LogP contribution in [0.5, 0.6) is 0 Å². The van der Waals surface area contributed by atoms with Crippen molar-refractivity contribution in [1.82, 2.24) is 20.8 Å². The first-order valence-electron chi connectivity index (χ1n) is 8.21. The second-order valence-corrected chi connectivity index (χ2v) is 6.57. The van der Waals surface area contributed by atoms with Gasteiger partial charge in [-0.2, -0.15) is 4.98 Å². The fourth-order valence-electron chi connectivity index (χ4n) is 2.88. The highest BCUT2D eigenvalue weighted by Crippen LogP contribution is 2.19. The predicted molar refractivity (Wildman–Crippen MR) is 91.6 cm³/mol. The zero-order valence-electron chi connectivity index (χ0n) is 13.6. The van der Waals surface area contributed by atoms with E-state index in [1.165, 1.54) is 0 Å². The summed E-state index contributed by atoms with van der Waals surface area (Å²) in [5.41, 5.74) is 0.849. The molecular formula is C17H21ClN4O2. The molecule has 2 atom stereocenters. The van der Waals surface area contributed by atoms with Gasteiger partial charge >= 0.3 is 0 Å². The first-order valence-corrected chi connectivity index (χ1v) is 8.59. The molecule has 0 aliphatic carbocycles. The van der Waals surface area contributed by atoms with Crippen LogP contribution in [0, 0.1) is 5.92 Å². The highest BCUT2D eigenvalue weighted by atomic mass is 35.5. The quantitative estimate of drug-likeness (QED) is 0.867. The molecule has 1 aliphatic heterocycles. The van der Waals surface area contributed by atoms with Crippen molar-refractivity contribution in [1.29, 1.82) is 0 Å². The molecule has 24 heavy (non-hydrogen) atoms. The lowest BCUT2D eigenvalue weighted by Crippen LogP contribution is -2.42. The van der Waals surface area contributed by atoms with Crippen molar-refractivity contribution in [3.63, 3.8) is 0 Å². The molecule has 3 rings (SSSR count). The molecule has 0 spiro atoms. The topological polar surface area (TPSA) is 80.1 Å². The number of rotatable bonds is 5. The molecule has 128 valence electrons. The lowest BCUT2D eigenvalue weighted by Gasteiger charge is -2.27. The Bertz CT molecular complexity index is 686. The molecule has 1 amide bonds. The van der Waals surface area contributed by atoms with Gasteiger partial charge in [-0.1, -0.05) is 16.8 Å². The van der Waals surface area contributed by atoms with Gasteiger partial charge in [0.25, 0.3) is 0 Å². The van der Waals surface area contributed by atoms with E-state index in [1.54, 1.807) is 12.1 Å². The van der Waals surface area contributed by atoms with Crippen LogP contribution >= 0.6 is 11.6 Å². The lowest BCUT2D eigenvalue weighted by molar-refractivity contribution is -0.126. The number of hydrogen-bond donors (Lipinski definition) is 2. The number of carbonyl (C=O) groups is 1. The van der Waals surface area contributed by atoms with Crippen LogP contribution in [0.3, 0.4) is 0 Å². The van der Waals surface area contributed by atoms with Gasteiger partial charge in [0.15, 0.2) is 0 Å². The average molecular weight is 349 g/mol. The van der Waals surface area contributed by atoms with Gasteiger partial charge in [-0.05, 0) is 50.6 Å². The molecule has 1 aromatic heterocycles. The van der Waals surface area contributed by atoms with Crippen molar-refractivity contribution in [2.24, 2.45) is 5.92 Å². The van der Waals surface area contributed by atoms with E-state index in [4.69, 9.17) is 16.1 Å². The molecule has 1 fully saturated rings. The van der Waals surface area contributed by atoms with Crippen LogP contribution in [0.2, 0.25) is 5.02 Å². The molecule has 1 aliphatic rings. The summed E-state index contributed by atoms with van der Waals surface area (Å²) in [7, 11) is 0. The molecular weight excluding hydrogens is 328 g/mol. The molecule has 0 radical (unpaired) electrons. The zero-order chi connectivity index (χ0) is 16.9. The summed E-state index contributed by atoms with van der Waals surface area (Å²) in [4.78, 5) is 16.5. The monoisotopic (exact) mass is 348 g/mol. The van der Waals surface area contributed by atoms with Gasteiger partial charge in [-0.15, -0.1) is 0 Å². The second-order valence-electron chi connectivity index (χ2n) is 6.14. The number of halogens is 1. The van der Waals surface area contributed by atoms with E-state index in [9.17, 15) is 4.79 Å². The molecule has 1 aromatic carbocycles. The van der Waals surface area contributed by atoms with E-state index in [0.29, 0.717) is 35.7 Å². The molecule has 6 nitrogen and oxygen atoms in total. The molecule has 1 saturated heterocycles. The van der Waals surface area contributed by atoms with Crippen LogP contribution < -0.4 is 10.6 Å². The number of amides is 1. The van der Waals surface area contributed by atoms with Crippen LogP contribution in [0.4, 0.5) is 0 Å². The van der Waals surface area contributed by atoms with Crippen molar-refractivity contribution in [3.8, 4) is 11.4 Å². The molecule has 2 N–H and O–H groups in total. The van der Waals surface area contributed by atoms with Gasteiger partial charge in [-0.3, -0.25) is 4.79 Å². The van der Waals surface area contributed by atoms with Gasteiger partial charge in [0.1, 0.15) is 0 Å². The normalized spacial score (nSPS) is 20.8. The van der Waals surface area contributed by atoms with Gasteiger partial charge in [0.2, 0.25) is 17.6 Å². The molecule has 0 bridgehead atoms. The predicted octanol–water partition coefficient (Wildman–Crippen LogP) is 2.44. The Balaban J connectivity index is 1.49. The molecule has 7 heteroatoms. The van der Waals surface area contributed by atoms with Crippen molar-refractivity contribution in [2.75, 3.05) is 13.1 Å². The number of hydrogen-bond acceptors (Lipinski definition) is 5. The van der Waals surface area contributed by atoms with E-state index in [-0.39, 0.29) is 11.8 Å². The highest BCUT2D eigenvalue weighted by molar-refractivity contribution is 6.30. The van der Waals surface area contributed by atoms with Crippen LogP contribution in [-0.2, 0) is 11.2 Å². The van der Waals surface area contributed by atoms with Gasteiger partial charge in [0, 0.05) is 35.5 Å². The Morgan fingerprint density at radius 2 is 2.21 bits per heavy atom. The first-order chi connectivity index (χ1) is 11.6. The Morgan fingerprint density at radius 1 is 1.42 bits per heavy atom. The van der Waals surface area contributed by atoms with Crippen molar-refractivity contribution in [2.45, 2.75) is 32.2 Å². The maximum Gasteiger partial charge on any atom is 0.228 e. The van der Waals surface area contributed by atoms with E-state index >= 15 is 0 Å². The Labute approximate surface area is 146 Å². The number of carbonyl (C=O) groups excluding carboxylic acids is 1. The van der Waals surface area contributed by atoms with Crippen LogP contribution in [0.25, 0.3) is 11.4 Å². The molecule has 2 heterocycles. The molecule has 0 unspecified atom stereocenters. The van der Waals surface area contributed by atoms with E-state index in [2.05, 4.69) is 27.7 Å². The minimum absolute atomic E-state index is 0.0913. The third-order valence-corrected chi connectivity index (χ3v) is 4.46. The first kappa shape index (κ1) is 16.9.